The largest absolute Gasteiger partial charge is 0.321 e. The van der Waals surface area contributed by atoms with Crippen molar-refractivity contribution in [3.63, 3.8) is 0 Å². The van der Waals surface area contributed by atoms with Gasteiger partial charge in [-0.3, -0.25) is 9.59 Å². The highest BCUT2D eigenvalue weighted by molar-refractivity contribution is 14.1. The third-order valence-electron chi connectivity index (χ3n) is 2.19. The molecule has 1 aromatic carbocycles. The lowest BCUT2D eigenvalue weighted by atomic mass is 10.3. The average molecular weight is 419 g/mol. The molecule has 4 nitrogen and oxygen atoms in total. The molecule has 92 valence electrons. The average Bonchev–Trinajstić information content (AvgIpc) is 2.34. The zero-order chi connectivity index (χ0) is 13.1. The van der Waals surface area contributed by atoms with Crippen molar-refractivity contribution >= 4 is 50.1 Å². The number of aromatic amines is 1. The van der Waals surface area contributed by atoms with Gasteiger partial charge in [-0.15, -0.1) is 0 Å². The molecule has 0 radical (unpaired) electrons. The summed E-state index contributed by atoms with van der Waals surface area (Å²) in [6.45, 7) is 0. The number of carbonyl (C=O) groups is 1. The first-order valence-electron chi connectivity index (χ1n) is 5.02. The standard InChI is InChI=1S/C12H8BrIN2O2/c13-8-6-7(4-5-9(8)14)15-12(18)10-2-1-3-11(17)16-10/h1-6H,(H,15,18)(H,16,17). The fraction of sp³-hybridized carbons (Fsp3) is 0. The van der Waals surface area contributed by atoms with E-state index >= 15 is 0 Å². The predicted molar refractivity (Wildman–Crippen MR) is 81.9 cm³/mol. The van der Waals surface area contributed by atoms with E-state index in [1.807, 2.05) is 6.07 Å². The van der Waals surface area contributed by atoms with Gasteiger partial charge in [-0.1, -0.05) is 6.07 Å². The molecule has 0 aliphatic carbocycles. The van der Waals surface area contributed by atoms with Gasteiger partial charge >= 0.3 is 0 Å². The van der Waals surface area contributed by atoms with Crippen molar-refractivity contribution in [1.82, 2.24) is 4.98 Å². The minimum Gasteiger partial charge on any atom is -0.321 e. The molecular weight excluding hydrogens is 411 g/mol. The van der Waals surface area contributed by atoms with Gasteiger partial charge in [0.25, 0.3) is 5.91 Å². The molecule has 2 rings (SSSR count). The number of amides is 1. The number of aromatic nitrogens is 1. The molecule has 0 saturated carbocycles. The molecule has 2 N–H and O–H groups in total. The zero-order valence-electron chi connectivity index (χ0n) is 9.04. The second-order valence-electron chi connectivity index (χ2n) is 3.51. The number of hydrogen-bond acceptors (Lipinski definition) is 2. The van der Waals surface area contributed by atoms with Crippen LogP contribution in [0.25, 0.3) is 0 Å². The van der Waals surface area contributed by atoms with Crippen LogP contribution in [0.4, 0.5) is 5.69 Å². The Morgan fingerprint density at radius 3 is 2.72 bits per heavy atom. The van der Waals surface area contributed by atoms with Gasteiger partial charge < -0.3 is 10.3 Å². The molecule has 6 heteroatoms. The maximum Gasteiger partial charge on any atom is 0.272 e. The number of halogens is 2. The van der Waals surface area contributed by atoms with Gasteiger partial charge in [0.2, 0.25) is 5.56 Å². The highest BCUT2D eigenvalue weighted by Gasteiger charge is 2.07. The summed E-state index contributed by atoms with van der Waals surface area (Å²) in [5.41, 5.74) is 0.598. The highest BCUT2D eigenvalue weighted by Crippen LogP contribution is 2.23. The van der Waals surface area contributed by atoms with Crippen molar-refractivity contribution in [3.05, 3.63) is 60.5 Å². The smallest absolute Gasteiger partial charge is 0.272 e. The normalized spacial score (nSPS) is 10.1. The van der Waals surface area contributed by atoms with E-state index in [1.165, 1.54) is 12.1 Å². The Labute approximate surface area is 125 Å². The van der Waals surface area contributed by atoms with Crippen LogP contribution in [0.15, 0.2) is 45.7 Å². The quantitative estimate of drug-likeness (QED) is 0.736. The third-order valence-corrected chi connectivity index (χ3v) is 4.53. The van der Waals surface area contributed by atoms with E-state index in [-0.39, 0.29) is 17.2 Å². The summed E-state index contributed by atoms with van der Waals surface area (Å²) in [7, 11) is 0. The summed E-state index contributed by atoms with van der Waals surface area (Å²) in [6.07, 6.45) is 0. The molecule has 0 aliphatic rings. The minimum absolute atomic E-state index is 0.233. The molecule has 0 saturated heterocycles. The van der Waals surface area contributed by atoms with E-state index in [2.05, 4.69) is 48.8 Å². The van der Waals surface area contributed by atoms with Crippen LogP contribution in [0, 0.1) is 3.57 Å². The van der Waals surface area contributed by atoms with Crippen molar-refractivity contribution in [2.75, 3.05) is 5.32 Å². The molecule has 0 spiro atoms. The Kier molecular flexibility index (Phi) is 4.18. The highest BCUT2D eigenvalue weighted by atomic mass is 127. The third kappa shape index (κ3) is 3.20. The molecular formula is C12H8BrIN2O2. The monoisotopic (exact) mass is 418 g/mol. The molecule has 0 aliphatic heterocycles. The molecule has 18 heavy (non-hydrogen) atoms. The lowest BCUT2D eigenvalue weighted by molar-refractivity contribution is 0.102. The van der Waals surface area contributed by atoms with Crippen LogP contribution in [0.3, 0.4) is 0 Å². The van der Waals surface area contributed by atoms with Crippen molar-refractivity contribution in [2.24, 2.45) is 0 Å². The summed E-state index contributed by atoms with van der Waals surface area (Å²) in [4.78, 5) is 25.4. The number of rotatable bonds is 2. The van der Waals surface area contributed by atoms with E-state index < -0.39 is 0 Å². The zero-order valence-corrected chi connectivity index (χ0v) is 12.8. The van der Waals surface area contributed by atoms with Crippen LogP contribution in [-0.4, -0.2) is 10.9 Å². The van der Waals surface area contributed by atoms with Gasteiger partial charge in [-0.2, -0.15) is 0 Å². The van der Waals surface area contributed by atoms with Crippen LogP contribution in [0.2, 0.25) is 0 Å². The minimum atomic E-state index is -0.346. The van der Waals surface area contributed by atoms with Crippen LogP contribution < -0.4 is 10.9 Å². The number of H-pyrrole nitrogens is 1. The Morgan fingerprint density at radius 2 is 2.06 bits per heavy atom. The maximum atomic E-state index is 11.9. The number of benzene rings is 1. The van der Waals surface area contributed by atoms with Gasteiger partial charge in [0, 0.05) is 19.8 Å². The molecule has 0 bridgehead atoms. The van der Waals surface area contributed by atoms with Crippen molar-refractivity contribution < 1.29 is 4.79 Å². The number of carbonyl (C=O) groups excluding carboxylic acids is 1. The Balaban J connectivity index is 2.21. The van der Waals surface area contributed by atoms with E-state index in [0.717, 1.165) is 8.04 Å². The van der Waals surface area contributed by atoms with E-state index in [1.54, 1.807) is 18.2 Å². The van der Waals surface area contributed by atoms with Gasteiger partial charge in [0.15, 0.2) is 0 Å². The summed E-state index contributed by atoms with van der Waals surface area (Å²) in [5.74, 6) is -0.346. The predicted octanol–water partition coefficient (Wildman–Crippen LogP) is 2.99. The molecule has 0 fully saturated rings. The van der Waals surface area contributed by atoms with E-state index in [9.17, 15) is 9.59 Å². The number of nitrogens with one attached hydrogen (secondary N) is 2. The van der Waals surface area contributed by atoms with Crippen molar-refractivity contribution in [2.45, 2.75) is 0 Å². The molecule has 0 atom stereocenters. The summed E-state index contributed by atoms with van der Waals surface area (Å²) in [5, 5.41) is 2.71. The Morgan fingerprint density at radius 1 is 1.28 bits per heavy atom. The van der Waals surface area contributed by atoms with Crippen LogP contribution in [0.5, 0.6) is 0 Å². The van der Waals surface area contributed by atoms with E-state index in [4.69, 9.17) is 0 Å². The summed E-state index contributed by atoms with van der Waals surface area (Å²) < 4.78 is 1.96. The fourth-order valence-corrected chi connectivity index (χ4v) is 2.07. The molecule has 1 amide bonds. The number of hydrogen-bond donors (Lipinski definition) is 2. The lowest BCUT2D eigenvalue weighted by Gasteiger charge is -2.06. The molecule has 0 unspecified atom stereocenters. The summed E-state index contributed by atoms with van der Waals surface area (Å²) >= 11 is 5.57. The first-order valence-corrected chi connectivity index (χ1v) is 6.89. The van der Waals surface area contributed by atoms with Gasteiger partial charge in [-0.05, 0) is 62.8 Å². The summed E-state index contributed by atoms with van der Waals surface area (Å²) in [6, 6.07) is 9.94. The van der Waals surface area contributed by atoms with E-state index in [0.29, 0.717) is 5.69 Å². The van der Waals surface area contributed by atoms with Crippen molar-refractivity contribution in [3.8, 4) is 0 Å². The van der Waals surface area contributed by atoms with Gasteiger partial charge in [0.05, 0.1) is 0 Å². The van der Waals surface area contributed by atoms with Crippen LogP contribution in [0.1, 0.15) is 10.5 Å². The number of anilines is 1. The molecule has 1 aromatic heterocycles. The van der Waals surface area contributed by atoms with Crippen LogP contribution >= 0.6 is 38.5 Å². The van der Waals surface area contributed by atoms with Crippen LogP contribution in [-0.2, 0) is 0 Å². The molecule has 1 heterocycles. The van der Waals surface area contributed by atoms with Crippen molar-refractivity contribution in [1.29, 1.82) is 0 Å². The second-order valence-corrected chi connectivity index (χ2v) is 5.53. The second kappa shape index (κ2) is 5.66. The fourth-order valence-electron chi connectivity index (χ4n) is 1.35. The topological polar surface area (TPSA) is 62.0 Å². The lowest BCUT2D eigenvalue weighted by Crippen LogP contribution is -2.17. The Hall–Kier alpha value is -1.15. The molecule has 2 aromatic rings. The number of pyridine rings is 1. The SMILES string of the molecule is O=C(Nc1ccc(I)c(Br)c1)c1cccc(=O)[nH]1. The maximum absolute atomic E-state index is 11.9. The van der Waals surface area contributed by atoms with Gasteiger partial charge in [0.1, 0.15) is 5.69 Å². The Bertz CT molecular complexity index is 655. The van der Waals surface area contributed by atoms with Gasteiger partial charge in [-0.25, -0.2) is 0 Å². The first-order chi connectivity index (χ1) is 8.56. The first kappa shape index (κ1) is 13.3.